The number of ether oxygens (including phenoxy) is 1. The molecule has 0 aromatic rings. The van der Waals surface area contributed by atoms with Crippen molar-refractivity contribution in [1.29, 1.82) is 0 Å². The Labute approximate surface area is 99.3 Å². The Kier molecular flexibility index (Phi) is 5.77. The molecule has 0 aromatic heterocycles. The molecule has 1 aliphatic rings. The topological polar surface area (TPSA) is 30.7 Å². The largest absolute Gasteiger partial charge is 0.459 e. The molecule has 0 aliphatic carbocycles. The van der Waals surface area contributed by atoms with E-state index in [4.69, 9.17) is 4.74 Å². The summed E-state index contributed by atoms with van der Waals surface area (Å²) >= 11 is 2.08. The number of esters is 1. The molecular weight excluding hydrogens is 293 g/mol. The normalized spacial score (nSPS) is 20.4. The molecular formula is C10H19INO2+. The summed E-state index contributed by atoms with van der Waals surface area (Å²) in [5.74, 6) is -0.0815. The molecule has 0 amide bonds. The van der Waals surface area contributed by atoms with Crippen molar-refractivity contribution in [2.24, 2.45) is 0 Å². The van der Waals surface area contributed by atoms with Gasteiger partial charge in [-0.1, -0.05) is 22.6 Å². The number of nitrogens with one attached hydrogen (secondary N) is 1. The number of carbonyl (C=O) groups is 1. The van der Waals surface area contributed by atoms with E-state index in [9.17, 15) is 4.79 Å². The van der Waals surface area contributed by atoms with Crippen molar-refractivity contribution in [3.8, 4) is 0 Å². The Morgan fingerprint density at radius 2 is 2.07 bits per heavy atom. The molecule has 1 atom stereocenters. The van der Waals surface area contributed by atoms with Crippen LogP contribution in [0.1, 0.15) is 26.2 Å². The molecule has 0 aromatic carbocycles. The number of carbonyl (C=O) groups excluding carboxylic acids is 1. The van der Waals surface area contributed by atoms with Crippen molar-refractivity contribution in [2.75, 3.05) is 26.2 Å². The first-order valence-corrected chi connectivity index (χ1v) is 6.59. The van der Waals surface area contributed by atoms with Gasteiger partial charge in [-0.25, -0.2) is 0 Å². The van der Waals surface area contributed by atoms with Crippen LogP contribution >= 0.6 is 22.6 Å². The lowest BCUT2D eigenvalue weighted by Gasteiger charge is -2.23. The zero-order chi connectivity index (χ0) is 10.4. The fourth-order valence-electron chi connectivity index (χ4n) is 1.71. The number of quaternary nitrogens is 1. The molecule has 14 heavy (non-hydrogen) atoms. The monoisotopic (exact) mass is 312 g/mol. The van der Waals surface area contributed by atoms with Crippen LogP contribution in [0, 0.1) is 0 Å². The highest BCUT2D eigenvalue weighted by molar-refractivity contribution is 14.1. The van der Waals surface area contributed by atoms with E-state index in [0.29, 0.717) is 6.61 Å². The molecule has 1 aliphatic heterocycles. The van der Waals surface area contributed by atoms with E-state index in [-0.39, 0.29) is 9.89 Å². The zero-order valence-electron chi connectivity index (χ0n) is 8.72. The standard InChI is InChI=1S/C10H18INO2/c1-9(11)10(13)14-8-7-12-5-3-2-4-6-12/h9H,2-8H2,1H3/p+1. The maximum atomic E-state index is 11.1. The number of hydrogen-bond donors (Lipinski definition) is 1. The predicted octanol–water partition coefficient (Wildman–Crippen LogP) is 0.422. The van der Waals surface area contributed by atoms with Gasteiger partial charge in [-0.05, 0) is 26.2 Å². The van der Waals surface area contributed by atoms with Crippen LogP contribution in [-0.2, 0) is 9.53 Å². The number of alkyl halides is 1. The van der Waals surface area contributed by atoms with Crippen molar-refractivity contribution >= 4 is 28.6 Å². The molecule has 3 nitrogen and oxygen atoms in total. The SMILES string of the molecule is CC(I)C(=O)OCC[NH+]1CCCCC1. The number of rotatable bonds is 4. The average molecular weight is 312 g/mol. The Morgan fingerprint density at radius 3 is 2.64 bits per heavy atom. The summed E-state index contributed by atoms with van der Waals surface area (Å²) < 4.78 is 5.11. The van der Waals surface area contributed by atoms with Crippen LogP contribution in [0.3, 0.4) is 0 Å². The first-order chi connectivity index (χ1) is 6.70. The maximum Gasteiger partial charge on any atom is 0.318 e. The lowest BCUT2D eigenvalue weighted by atomic mass is 10.1. The van der Waals surface area contributed by atoms with Crippen molar-refractivity contribution in [1.82, 2.24) is 0 Å². The van der Waals surface area contributed by atoms with E-state index in [1.165, 1.54) is 32.4 Å². The highest BCUT2D eigenvalue weighted by atomic mass is 127. The lowest BCUT2D eigenvalue weighted by molar-refractivity contribution is -0.905. The first-order valence-electron chi connectivity index (χ1n) is 5.34. The van der Waals surface area contributed by atoms with Gasteiger partial charge in [0.2, 0.25) is 0 Å². The quantitative estimate of drug-likeness (QED) is 0.463. The Bertz CT molecular complexity index is 179. The fourth-order valence-corrected chi connectivity index (χ4v) is 1.89. The van der Waals surface area contributed by atoms with Crippen LogP contribution in [0.2, 0.25) is 0 Å². The minimum Gasteiger partial charge on any atom is -0.459 e. The van der Waals surface area contributed by atoms with Crippen molar-refractivity contribution in [3.05, 3.63) is 0 Å². The molecule has 1 rings (SSSR count). The molecule has 1 fully saturated rings. The smallest absolute Gasteiger partial charge is 0.318 e. The van der Waals surface area contributed by atoms with E-state index in [1.807, 2.05) is 6.92 Å². The van der Waals surface area contributed by atoms with Crippen LogP contribution in [0.15, 0.2) is 0 Å². The Balaban J connectivity index is 2.05. The van der Waals surface area contributed by atoms with Gasteiger partial charge in [0.1, 0.15) is 17.1 Å². The number of halogens is 1. The van der Waals surface area contributed by atoms with Crippen LogP contribution in [-0.4, -0.2) is 36.1 Å². The number of hydrogen-bond acceptors (Lipinski definition) is 2. The number of piperidine rings is 1. The molecule has 0 radical (unpaired) electrons. The van der Waals surface area contributed by atoms with Gasteiger partial charge in [-0.2, -0.15) is 0 Å². The van der Waals surface area contributed by atoms with Gasteiger partial charge in [0, 0.05) is 0 Å². The summed E-state index contributed by atoms with van der Waals surface area (Å²) in [6.07, 6.45) is 4.02. The second-order valence-corrected chi connectivity index (χ2v) is 5.71. The van der Waals surface area contributed by atoms with E-state index >= 15 is 0 Å². The minimum atomic E-state index is -0.0815. The molecule has 0 spiro atoms. The van der Waals surface area contributed by atoms with Gasteiger partial charge in [0.15, 0.2) is 0 Å². The summed E-state index contributed by atoms with van der Waals surface area (Å²) in [4.78, 5) is 12.7. The number of likely N-dealkylation sites (tertiary alicyclic amines) is 1. The third kappa shape index (κ3) is 4.59. The lowest BCUT2D eigenvalue weighted by Crippen LogP contribution is -3.13. The van der Waals surface area contributed by atoms with Gasteiger partial charge in [-0.3, -0.25) is 4.79 Å². The predicted molar refractivity (Wildman–Crippen MR) is 63.9 cm³/mol. The molecule has 4 heteroatoms. The van der Waals surface area contributed by atoms with Gasteiger partial charge in [0.25, 0.3) is 0 Å². The van der Waals surface area contributed by atoms with Crippen LogP contribution < -0.4 is 4.90 Å². The third-order valence-electron chi connectivity index (χ3n) is 2.59. The maximum absolute atomic E-state index is 11.1. The van der Waals surface area contributed by atoms with Crippen molar-refractivity contribution in [2.45, 2.75) is 30.1 Å². The summed E-state index contributed by atoms with van der Waals surface area (Å²) in [6, 6.07) is 0. The minimum absolute atomic E-state index is 0.0241. The van der Waals surface area contributed by atoms with Gasteiger partial charge in [-0.15, -0.1) is 0 Å². The summed E-state index contributed by atoms with van der Waals surface area (Å²) in [5.41, 5.74) is 0. The third-order valence-corrected chi connectivity index (χ3v) is 3.09. The van der Waals surface area contributed by atoms with Crippen LogP contribution in [0.4, 0.5) is 0 Å². The molecule has 0 bridgehead atoms. The van der Waals surface area contributed by atoms with E-state index in [2.05, 4.69) is 22.6 Å². The van der Waals surface area contributed by atoms with Crippen LogP contribution in [0.25, 0.3) is 0 Å². The Hall–Kier alpha value is 0.160. The summed E-state index contributed by atoms with van der Waals surface area (Å²) in [6.45, 7) is 5.92. The average Bonchev–Trinajstić information content (AvgIpc) is 2.19. The fraction of sp³-hybridized carbons (Fsp3) is 0.900. The molecule has 1 N–H and O–H groups in total. The van der Waals surface area contributed by atoms with Crippen molar-refractivity contribution < 1.29 is 14.4 Å². The summed E-state index contributed by atoms with van der Waals surface area (Å²) in [7, 11) is 0. The van der Waals surface area contributed by atoms with E-state index in [0.717, 1.165) is 6.54 Å². The van der Waals surface area contributed by atoms with Gasteiger partial charge >= 0.3 is 5.97 Å². The highest BCUT2D eigenvalue weighted by Gasteiger charge is 2.15. The molecule has 0 saturated carbocycles. The van der Waals surface area contributed by atoms with Gasteiger partial charge in [0.05, 0.1) is 13.1 Å². The van der Waals surface area contributed by atoms with E-state index in [1.54, 1.807) is 4.90 Å². The molecule has 1 saturated heterocycles. The van der Waals surface area contributed by atoms with Crippen molar-refractivity contribution in [3.63, 3.8) is 0 Å². The first kappa shape index (κ1) is 12.2. The second-order valence-electron chi connectivity index (χ2n) is 3.84. The molecule has 1 heterocycles. The molecule has 82 valence electrons. The highest BCUT2D eigenvalue weighted by Crippen LogP contribution is 2.00. The van der Waals surface area contributed by atoms with E-state index < -0.39 is 0 Å². The second kappa shape index (κ2) is 6.61. The Morgan fingerprint density at radius 1 is 1.43 bits per heavy atom. The van der Waals surface area contributed by atoms with Crippen LogP contribution in [0.5, 0.6) is 0 Å². The summed E-state index contributed by atoms with van der Waals surface area (Å²) in [5, 5.41) is 0. The van der Waals surface area contributed by atoms with Gasteiger partial charge < -0.3 is 9.64 Å². The zero-order valence-corrected chi connectivity index (χ0v) is 10.9. The molecule has 1 unspecified atom stereocenters.